The molecule has 7 heteroatoms. The summed E-state index contributed by atoms with van der Waals surface area (Å²) >= 11 is 0. The number of ether oxygens (including phenoxy) is 1. The van der Waals surface area contributed by atoms with Crippen molar-refractivity contribution in [3.05, 3.63) is 39.8 Å². The highest BCUT2D eigenvalue weighted by atomic mass is 16.6. The van der Waals surface area contributed by atoms with Crippen molar-refractivity contribution in [3.63, 3.8) is 0 Å². The van der Waals surface area contributed by atoms with Crippen LogP contribution in [0.15, 0.2) is 23.3 Å². The predicted octanol–water partition coefficient (Wildman–Crippen LogP) is 3.55. The van der Waals surface area contributed by atoms with Crippen LogP contribution >= 0.6 is 0 Å². The molecule has 120 valence electrons. The molecule has 2 N–H and O–H groups in total. The standard InChI is InChI=1S/C15H23N5O2/c1-11-9-12(5-6-13(11)19-20-16)10-17-7-8-18-14(21)22-15(2,3)4/h5-6,9,17H,7-8,10H2,1-4H3,(H,18,21). The highest BCUT2D eigenvalue weighted by Gasteiger charge is 2.15. The zero-order chi connectivity index (χ0) is 16.6. The van der Waals surface area contributed by atoms with Crippen LogP contribution in [-0.4, -0.2) is 24.8 Å². The normalized spacial score (nSPS) is 10.7. The first-order valence-electron chi connectivity index (χ1n) is 7.14. The molecule has 0 aliphatic rings. The van der Waals surface area contributed by atoms with Crippen LogP contribution in [0.1, 0.15) is 31.9 Å². The molecule has 0 saturated heterocycles. The summed E-state index contributed by atoms with van der Waals surface area (Å²) in [6.45, 7) is 9.18. The molecule has 7 nitrogen and oxygen atoms in total. The van der Waals surface area contributed by atoms with E-state index in [9.17, 15) is 4.79 Å². The largest absolute Gasteiger partial charge is 0.444 e. The van der Waals surface area contributed by atoms with Crippen molar-refractivity contribution in [3.8, 4) is 0 Å². The Bertz CT molecular complexity index is 560. The van der Waals surface area contributed by atoms with Crippen LogP contribution in [-0.2, 0) is 11.3 Å². The monoisotopic (exact) mass is 305 g/mol. The van der Waals surface area contributed by atoms with Crippen molar-refractivity contribution in [2.75, 3.05) is 13.1 Å². The third-order valence-electron chi connectivity index (χ3n) is 2.71. The van der Waals surface area contributed by atoms with Gasteiger partial charge in [-0.2, -0.15) is 0 Å². The van der Waals surface area contributed by atoms with Crippen molar-refractivity contribution >= 4 is 11.8 Å². The molecule has 1 amide bonds. The summed E-state index contributed by atoms with van der Waals surface area (Å²) in [6.07, 6.45) is -0.413. The first kappa shape index (κ1) is 17.8. The van der Waals surface area contributed by atoms with Crippen LogP contribution in [0, 0.1) is 6.92 Å². The van der Waals surface area contributed by atoms with Gasteiger partial charge < -0.3 is 15.4 Å². The number of nitrogens with zero attached hydrogens (tertiary/aromatic N) is 3. The fourth-order valence-corrected chi connectivity index (χ4v) is 1.79. The minimum absolute atomic E-state index is 0.413. The second kappa shape index (κ2) is 8.26. The molecule has 1 rings (SSSR count). The lowest BCUT2D eigenvalue weighted by molar-refractivity contribution is 0.0528. The summed E-state index contributed by atoms with van der Waals surface area (Å²) in [4.78, 5) is 14.2. The molecule has 0 heterocycles. The summed E-state index contributed by atoms with van der Waals surface area (Å²) < 4.78 is 5.14. The summed E-state index contributed by atoms with van der Waals surface area (Å²) in [6, 6.07) is 5.68. The molecule has 0 aliphatic heterocycles. The van der Waals surface area contributed by atoms with Gasteiger partial charge in [0.2, 0.25) is 0 Å². The molecular weight excluding hydrogens is 282 g/mol. The van der Waals surface area contributed by atoms with E-state index in [1.54, 1.807) is 6.07 Å². The lowest BCUT2D eigenvalue weighted by atomic mass is 10.1. The van der Waals surface area contributed by atoms with Crippen molar-refractivity contribution in [2.45, 2.75) is 39.8 Å². The number of rotatable bonds is 6. The lowest BCUT2D eigenvalue weighted by Gasteiger charge is -2.19. The minimum atomic E-state index is -0.483. The average Bonchev–Trinajstić information content (AvgIpc) is 2.39. The van der Waals surface area contributed by atoms with Gasteiger partial charge in [-0.25, -0.2) is 4.79 Å². The van der Waals surface area contributed by atoms with Crippen LogP contribution in [0.2, 0.25) is 0 Å². The maximum atomic E-state index is 11.4. The molecular formula is C15H23N5O2. The van der Waals surface area contributed by atoms with E-state index >= 15 is 0 Å². The third kappa shape index (κ3) is 6.97. The van der Waals surface area contributed by atoms with E-state index in [0.717, 1.165) is 11.1 Å². The number of aryl methyl sites for hydroxylation is 1. The molecule has 1 aromatic rings. The number of hydrogen-bond donors (Lipinski definition) is 2. The molecule has 0 saturated carbocycles. The van der Waals surface area contributed by atoms with Gasteiger partial charge in [-0.05, 0) is 44.4 Å². The quantitative estimate of drug-likeness (QED) is 0.364. The predicted molar refractivity (Wildman–Crippen MR) is 85.9 cm³/mol. The molecule has 0 aromatic heterocycles. The van der Waals surface area contributed by atoms with Crippen LogP contribution in [0.4, 0.5) is 10.5 Å². The van der Waals surface area contributed by atoms with Crippen LogP contribution in [0.5, 0.6) is 0 Å². The third-order valence-corrected chi connectivity index (χ3v) is 2.71. The van der Waals surface area contributed by atoms with E-state index in [2.05, 4.69) is 20.7 Å². The molecule has 0 fully saturated rings. The highest BCUT2D eigenvalue weighted by molar-refractivity contribution is 5.67. The van der Waals surface area contributed by atoms with Gasteiger partial charge in [0.25, 0.3) is 0 Å². The SMILES string of the molecule is Cc1cc(CNCCNC(=O)OC(C)(C)C)ccc1N=[N+]=[N-]. The van der Waals surface area contributed by atoms with E-state index < -0.39 is 11.7 Å². The smallest absolute Gasteiger partial charge is 0.407 e. The molecule has 1 aromatic carbocycles. The number of alkyl carbamates (subject to hydrolysis) is 1. The number of nitrogens with one attached hydrogen (secondary N) is 2. The molecule has 0 aliphatic carbocycles. The number of carbonyl (C=O) groups is 1. The number of amides is 1. The second-order valence-electron chi connectivity index (χ2n) is 5.92. The van der Waals surface area contributed by atoms with Gasteiger partial charge in [-0.1, -0.05) is 23.3 Å². The zero-order valence-electron chi connectivity index (χ0n) is 13.5. The van der Waals surface area contributed by atoms with Crippen LogP contribution in [0.25, 0.3) is 10.4 Å². The van der Waals surface area contributed by atoms with Gasteiger partial charge in [0.05, 0.1) is 0 Å². The fourth-order valence-electron chi connectivity index (χ4n) is 1.79. The minimum Gasteiger partial charge on any atom is -0.444 e. The van der Waals surface area contributed by atoms with E-state index in [1.165, 1.54) is 0 Å². The second-order valence-corrected chi connectivity index (χ2v) is 5.92. The van der Waals surface area contributed by atoms with Gasteiger partial charge in [-0.15, -0.1) is 0 Å². The molecule has 0 spiro atoms. The summed E-state index contributed by atoms with van der Waals surface area (Å²) in [5.41, 5.74) is 10.6. The Kier molecular flexibility index (Phi) is 6.69. The molecule has 0 radical (unpaired) electrons. The van der Waals surface area contributed by atoms with Crippen LogP contribution in [0.3, 0.4) is 0 Å². The van der Waals surface area contributed by atoms with Crippen molar-refractivity contribution in [1.82, 2.24) is 10.6 Å². The number of hydrogen-bond acceptors (Lipinski definition) is 4. The first-order chi connectivity index (χ1) is 10.3. The fraction of sp³-hybridized carbons (Fsp3) is 0.533. The van der Waals surface area contributed by atoms with E-state index in [4.69, 9.17) is 10.3 Å². The average molecular weight is 305 g/mol. The topological polar surface area (TPSA) is 99.1 Å². The van der Waals surface area contributed by atoms with Gasteiger partial charge in [0.1, 0.15) is 5.60 Å². The lowest BCUT2D eigenvalue weighted by Crippen LogP contribution is -2.36. The first-order valence-corrected chi connectivity index (χ1v) is 7.14. The summed E-state index contributed by atoms with van der Waals surface area (Å²) in [5.74, 6) is 0. The maximum Gasteiger partial charge on any atom is 0.407 e. The zero-order valence-corrected chi connectivity index (χ0v) is 13.5. The summed E-state index contributed by atoms with van der Waals surface area (Å²) in [7, 11) is 0. The van der Waals surface area contributed by atoms with Crippen LogP contribution < -0.4 is 10.6 Å². The highest BCUT2D eigenvalue weighted by Crippen LogP contribution is 2.19. The van der Waals surface area contributed by atoms with Gasteiger partial charge in [0, 0.05) is 30.2 Å². The van der Waals surface area contributed by atoms with Crippen molar-refractivity contribution < 1.29 is 9.53 Å². The number of benzene rings is 1. The Hall–Kier alpha value is -2.24. The Morgan fingerprint density at radius 2 is 2.09 bits per heavy atom. The Morgan fingerprint density at radius 3 is 2.68 bits per heavy atom. The van der Waals surface area contributed by atoms with E-state index in [-0.39, 0.29) is 0 Å². The van der Waals surface area contributed by atoms with Gasteiger partial charge in [0.15, 0.2) is 0 Å². The number of carbonyl (C=O) groups excluding carboxylic acids is 1. The van der Waals surface area contributed by atoms with Crippen molar-refractivity contribution in [1.29, 1.82) is 0 Å². The maximum absolute atomic E-state index is 11.4. The van der Waals surface area contributed by atoms with Crippen molar-refractivity contribution in [2.24, 2.45) is 5.11 Å². The Morgan fingerprint density at radius 1 is 1.36 bits per heavy atom. The summed E-state index contributed by atoms with van der Waals surface area (Å²) in [5, 5.41) is 9.51. The van der Waals surface area contributed by atoms with E-state index in [0.29, 0.717) is 25.3 Å². The Labute approximate surface area is 130 Å². The molecule has 0 atom stereocenters. The molecule has 22 heavy (non-hydrogen) atoms. The van der Waals surface area contributed by atoms with Gasteiger partial charge in [-0.3, -0.25) is 0 Å². The number of azide groups is 1. The van der Waals surface area contributed by atoms with E-state index in [1.807, 2.05) is 39.8 Å². The Balaban J connectivity index is 2.29. The van der Waals surface area contributed by atoms with Gasteiger partial charge >= 0.3 is 6.09 Å². The molecule has 0 unspecified atom stereocenters. The molecule has 0 bridgehead atoms.